The van der Waals surface area contributed by atoms with Crippen LogP contribution in [0.2, 0.25) is 0 Å². The molecule has 0 aliphatic rings. The number of benzene rings is 1. The number of nitrogens with one attached hydrogen (secondary N) is 2. The Bertz CT molecular complexity index is 536. The van der Waals surface area contributed by atoms with E-state index in [0.29, 0.717) is 17.8 Å². The van der Waals surface area contributed by atoms with E-state index < -0.39 is 0 Å². The lowest BCUT2D eigenvalue weighted by molar-refractivity contribution is 0.443. The van der Waals surface area contributed by atoms with Gasteiger partial charge in [0.15, 0.2) is 0 Å². The predicted molar refractivity (Wildman–Crippen MR) is 75.6 cm³/mol. The Balaban J connectivity index is 2.19. The van der Waals surface area contributed by atoms with Gasteiger partial charge in [-0.3, -0.25) is 0 Å². The van der Waals surface area contributed by atoms with Crippen LogP contribution < -0.4 is 10.6 Å². The van der Waals surface area contributed by atoms with E-state index in [1.165, 1.54) is 5.56 Å². The molecule has 2 aromatic rings. The SMILES string of the molecule is CNC(C)c1nnc(Nc2ccccc2C(C)C)o1. The average Bonchev–Trinajstić information content (AvgIpc) is 2.86. The zero-order chi connectivity index (χ0) is 13.8. The quantitative estimate of drug-likeness (QED) is 0.864. The highest BCUT2D eigenvalue weighted by Crippen LogP contribution is 2.26. The van der Waals surface area contributed by atoms with Crippen LogP contribution in [0.3, 0.4) is 0 Å². The van der Waals surface area contributed by atoms with Gasteiger partial charge in [-0.15, -0.1) is 5.10 Å². The van der Waals surface area contributed by atoms with Crippen LogP contribution in [0.5, 0.6) is 0 Å². The van der Waals surface area contributed by atoms with E-state index in [2.05, 4.69) is 40.7 Å². The Hall–Kier alpha value is -1.88. The molecule has 1 heterocycles. The number of hydrogen-bond acceptors (Lipinski definition) is 5. The number of para-hydroxylation sites is 1. The maximum Gasteiger partial charge on any atom is 0.320 e. The normalized spacial score (nSPS) is 12.7. The van der Waals surface area contributed by atoms with Crippen molar-refractivity contribution in [3.8, 4) is 0 Å². The molecule has 0 amide bonds. The maximum atomic E-state index is 5.58. The Morgan fingerprint density at radius 2 is 1.84 bits per heavy atom. The third-order valence-electron chi connectivity index (χ3n) is 3.07. The summed E-state index contributed by atoms with van der Waals surface area (Å²) in [6.45, 7) is 6.28. The summed E-state index contributed by atoms with van der Waals surface area (Å²) in [5.74, 6) is 1.01. The first-order valence-electron chi connectivity index (χ1n) is 6.48. The molecule has 1 unspecified atom stereocenters. The Kier molecular flexibility index (Phi) is 4.16. The van der Waals surface area contributed by atoms with Gasteiger partial charge in [0.2, 0.25) is 5.89 Å². The van der Waals surface area contributed by atoms with Gasteiger partial charge in [-0.25, -0.2) is 0 Å². The maximum absolute atomic E-state index is 5.58. The van der Waals surface area contributed by atoms with Crippen LogP contribution in [0.4, 0.5) is 11.7 Å². The van der Waals surface area contributed by atoms with Crippen molar-refractivity contribution in [1.29, 1.82) is 0 Å². The van der Waals surface area contributed by atoms with Crippen molar-refractivity contribution in [3.63, 3.8) is 0 Å². The topological polar surface area (TPSA) is 63.0 Å². The highest BCUT2D eigenvalue weighted by Gasteiger charge is 2.13. The van der Waals surface area contributed by atoms with Crippen LogP contribution in [0.1, 0.15) is 44.2 Å². The predicted octanol–water partition coefficient (Wildman–Crippen LogP) is 3.22. The van der Waals surface area contributed by atoms with E-state index in [0.717, 1.165) is 5.69 Å². The lowest BCUT2D eigenvalue weighted by Crippen LogP contribution is -2.12. The summed E-state index contributed by atoms with van der Waals surface area (Å²) in [6.07, 6.45) is 0. The molecule has 0 radical (unpaired) electrons. The average molecular weight is 260 g/mol. The highest BCUT2D eigenvalue weighted by atomic mass is 16.4. The fourth-order valence-electron chi connectivity index (χ4n) is 1.81. The standard InChI is InChI=1S/C14H20N4O/c1-9(2)11-7-5-6-8-12(11)16-14-18-17-13(19-14)10(3)15-4/h5-10,15H,1-4H3,(H,16,18). The van der Waals surface area contributed by atoms with Gasteiger partial charge in [-0.2, -0.15) is 0 Å². The van der Waals surface area contributed by atoms with Crippen LogP contribution >= 0.6 is 0 Å². The molecule has 1 aromatic heterocycles. The third kappa shape index (κ3) is 3.12. The minimum Gasteiger partial charge on any atom is -0.406 e. The number of rotatable bonds is 5. The van der Waals surface area contributed by atoms with Crippen LogP contribution in [0, 0.1) is 0 Å². The molecule has 0 saturated heterocycles. The lowest BCUT2D eigenvalue weighted by atomic mass is 10.0. The molecule has 19 heavy (non-hydrogen) atoms. The second kappa shape index (κ2) is 5.84. The van der Waals surface area contributed by atoms with E-state index in [1.807, 2.05) is 32.2 Å². The second-order valence-corrected chi connectivity index (χ2v) is 4.82. The van der Waals surface area contributed by atoms with Gasteiger partial charge in [0.05, 0.1) is 6.04 Å². The van der Waals surface area contributed by atoms with Crippen molar-refractivity contribution >= 4 is 11.7 Å². The molecule has 0 aliphatic heterocycles. The number of hydrogen-bond donors (Lipinski definition) is 2. The van der Waals surface area contributed by atoms with Crippen LogP contribution in [0.15, 0.2) is 28.7 Å². The van der Waals surface area contributed by atoms with Crippen molar-refractivity contribution in [2.45, 2.75) is 32.7 Å². The molecule has 5 nitrogen and oxygen atoms in total. The summed E-state index contributed by atoms with van der Waals surface area (Å²) in [6, 6.07) is 8.60. The molecule has 0 bridgehead atoms. The molecule has 102 valence electrons. The monoisotopic (exact) mass is 260 g/mol. The summed E-state index contributed by atoms with van der Waals surface area (Å²) in [5, 5.41) is 14.3. The van der Waals surface area contributed by atoms with Crippen molar-refractivity contribution in [2.24, 2.45) is 0 Å². The summed E-state index contributed by atoms with van der Waals surface area (Å²) < 4.78 is 5.58. The second-order valence-electron chi connectivity index (χ2n) is 4.82. The number of aromatic nitrogens is 2. The van der Waals surface area contributed by atoms with Gasteiger partial charge in [-0.1, -0.05) is 37.1 Å². The third-order valence-corrected chi connectivity index (χ3v) is 3.07. The van der Waals surface area contributed by atoms with E-state index in [9.17, 15) is 0 Å². The van der Waals surface area contributed by atoms with Crippen molar-refractivity contribution in [2.75, 3.05) is 12.4 Å². The van der Waals surface area contributed by atoms with Gasteiger partial charge in [-0.05, 0) is 31.5 Å². The first-order valence-corrected chi connectivity index (χ1v) is 6.48. The minimum atomic E-state index is 0.0448. The molecule has 1 atom stereocenters. The molecule has 1 aromatic carbocycles. The van der Waals surface area contributed by atoms with Crippen molar-refractivity contribution in [1.82, 2.24) is 15.5 Å². The fraction of sp³-hybridized carbons (Fsp3) is 0.429. The first kappa shape index (κ1) is 13.5. The zero-order valence-corrected chi connectivity index (χ0v) is 11.8. The van der Waals surface area contributed by atoms with Crippen LogP contribution in [0.25, 0.3) is 0 Å². The van der Waals surface area contributed by atoms with Gasteiger partial charge in [0.25, 0.3) is 0 Å². The number of nitrogens with zero attached hydrogens (tertiary/aromatic N) is 2. The molecule has 0 spiro atoms. The molecule has 0 aliphatic carbocycles. The summed E-state index contributed by atoms with van der Waals surface area (Å²) in [7, 11) is 1.86. The van der Waals surface area contributed by atoms with Crippen LogP contribution in [-0.4, -0.2) is 17.2 Å². The summed E-state index contributed by atoms with van der Waals surface area (Å²) in [5.41, 5.74) is 2.23. The van der Waals surface area contributed by atoms with E-state index >= 15 is 0 Å². The molecular weight excluding hydrogens is 240 g/mol. The lowest BCUT2D eigenvalue weighted by Gasteiger charge is -2.11. The number of anilines is 2. The van der Waals surface area contributed by atoms with Gasteiger partial charge >= 0.3 is 6.01 Å². The zero-order valence-electron chi connectivity index (χ0n) is 11.8. The summed E-state index contributed by atoms with van der Waals surface area (Å²) >= 11 is 0. The van der Waals surface area contributed by atoms with Crippen molar-refractivity contribution < 1.29 is 4.42 Å². The smallest absolute Gasteiger partial charge is 0.320 e. The van der Waals surface area contributed by atoms with E-state index in [1.54, 1.807) is 0 Å². The van der Waals surface area contributed by atoms with E-state index in [4.69, 9.17) is 4.42 Å². The summed E-state index contributed by atoms with van der Waals surface area (Å²) in [4.78, 5) is 0. The van der Waals surface area contributed by atoms with Gasteiger partial charge in [0, 0.05) is 5.69 Å². The Morgan fingerprint density at radius 3 is 2.53 bits per heavy atom. The highest BCUT2D eigenvalue weighted by molar-refractivity contribution is 5.58. The largest absolute Gasteiger partial charge is 0.406 e. The first-order chi connectivity index (χ1) is 9.11. The van der Waals surface area contributed by atoms with Gasteiger partial charge in [0.1, 0.15) is 0 Å². The molecular formula is C14H20N4O. The Labute approximate surface area is 113 Å². The van der Waals surface area contributed by atoms with E-state index in [-0.39, 0.29) is 6.04 Å². The van der Waals surface area contributed by atoms with Crippen LogP contribution in [-0.2, 0) is 0 Å². The van der Waals surface area contributed by atoms with Gasteiger partial charge < -0.3 is 15.1 Å². The minimum absolute atomic E-state index is 0.0448. The fourth-order valence-corrected chi connectivity index (χ4v) is 1.81. The van der Waals surface area contributed by atoms with Crippen molar-refractivity contribution in [3.05, 3.63) is 35.7 Å². The molecule has 2 N–H and O–H groups in total. The molecule has 0 saturated carbocycles. The Morgan fingerprint density at radius 1 is 1.11 bits per heavy atom. The molecule has 2 rings (SSSR count). The molecule has 0 fully saturated rings. The molecule has 5 heteroatoms.